The number of anilines is 3. The molecule has 0 bridgehead atoms. The Bertz CT molecular complexity index is 3920. The van der Waals surface area contributed by atoms with Gasteiger partial charge in [-0.15, -0.1) is 11.3 Å². The molecule has 2 aliphatic rings. The maximum atomic E-state index is 2.51. The van der Waals surface area contributed by atoms with E-state index < -0.39 is 5.41 Å². The molecule has 2 aromatic heterocycles. The third-order valence-corrected chi connectivity index (χ3v) is 16.2. The highest BCUT2D eigenvalue weighted by Crippen LogP contribution is 2.57. The van der Waals surface area contributed by atoms with Crippen molar-refractivity contribution < 1.29 is 0 Å². The Balaban J connectivity index is 1.05. The summed E-state index contributed by atoms with van der Waals surface area (Å²) in [5.41, 5.74) is 19.4. The molecule has 2 nitrogen and oxygen atoms in total. The standard InChI is InChI=1S/C64H44N2S/c1-63(2)55-25-13-9-23-49(55)52-38-44(31-34-56(52)63)65(46-30-33-51-50-24-12-16-28-61(50)67-62(51)40-46)45-32-36-60-54(39-45)53-37-42(29-35-59(53)66(60)43-19-7-4-8-20-43)64(41-17-5-3-6-18-41)57-26-14-10-21-47(57)48-22-11-15-27-58(48)64/h3-40H,1-2H3. The fraction of sp³-hybridized carbons (Fsp3) is 0.0625. The zero-order chi connectivity index (χ0) is 44.4. The van der Waals surface area contributed by atoms with Crippen LogP contribution in [0.3, 0.4) is 0 Å². The van der Waals surface area contributed by atoms with Crippen LogP contribution in [0.1, 0.15) is 47.2 Å². The van der Waals surface area contributed by atoms with E-state index in [9.17, 15) is 0 Å². The Labute approximate surface area is 394 Å². The molecule has 67 heavy (non-hydrogen) atoms. The van der Waals surface area contributed by atoms with Crippen molar-refractivity contribution in [1.82, 2.24) is 4.57 Å². The number of rotatable bonds is 6. The van der Waals surface area contributed by atoms with Crippen molar-refractivity contribution in [2.75, 3.05) is 4.90 Å². The fourth-order valence-electron chi connectivity index (χ4n) is 12.1. The summed E-state index contributed by atoms with van der Waals surface area (Å²) < 4.78 is 5.04. The van der Waals surface area contributed by atoms with Crippen LogP contribution in [0.2, 0.25) is 0 Å². The van der Waals surface area contributed by atoms with E-state index in [4.69, 9.17) is 0 Å². The molecule has 316 valence electrons. The first kappa shape index (κ1) is 38.3. The lowest BCUT2D eigenvalue weighted by molar-refractivity contribution is 0.660. The van der Waals surface area contributed by atoms with Crippen LogP contribution in [0, 0.1) is 0 Å². The maximum Gasteiger partial charge on any atom is 0.0713 e. The molecule has 2 heterocycles. The van der Waals surface area contributed by atoms with E-state index in [1.54, 1.807) is 0 Å². The summed E-state index contributed by atoms with van der Waals surface area (Å²) in [5.74, 6) is 0. The highest BCUT2D eigenvalue weighted by Gasteiger charge is 2.46. The van der Waals surface area contributed by atoms with E-state index in [1.807, 2.05) is 11.3 Å². The summed E-state index contributed by atoms with van der Waals surface area (Å²) in [6.45, 7) is 4.72. The van der Waals surface area contributed by atoms with Crippen LogP contribution in [-0.4, -0.2) is 4.57 Å². The van der Waals surface area contributed by atoms with Crippen LogP contribution >= 0.6 is 11.3 Å². The highest BCUT2D eigenvalue weighted by atomic mass is 32.1. The fourth-order valence-corrected chi connectivity index (χ4v) is 13.2. The molecule has 3 heteroatoms. The van der Waals surface area contributed by atoms with Gasteiger partial charge in [-0.3, -0.25) is 0 Å². The lowest BCUT2D eigenvalue weighted by Crippen LogP contribution is -2.28. The minimum atomic E-state index is -0.512. The van der Waals surface area contributed by atoms with Gasteiger partial charge in [-0.1, -0.05) is 172 Å². The van der Waals surface area contributed by atoms with Crippen molar-refractivity contribution >= 4 is 70.4 Å². The molecule has 14 rings (SSSR count). The highest BCUT2D eigenvalue weighted by molar-refractivity contribution is 7.25. The Morgan fingerprint density at radius 2 is 0.881 bits per heavy atom. The molecule has 0 N–H and O–H groups in total. The molecule has 0 fully saturated rings. The van der Waals surface area contributed by atoms with Crippen molar-refractivity contribution in [3.05, 3.63) is 264 Å². The SMILES string of the molecule is CC1(C)c2ccccc2-c2cc(N(c3ccc4c(c3)sc3ccccc34)c3ccc4c(c3)c3cc(C5(c6ccccc6)c6ccccc6-c6ccccc65)ccc3n4-c3ccccc3)ccc21. The molecule has 12 aromatic rings. The first-order chi connectivity index (χ1) is 33.0. The second kappa shape index (κ2) is 14.3. The first-order valence-electron chi connectivity index (χ1n) is 23.3. The monoisotopic (exact) mass is 872 g/mol. The van der Waals surface area contributed by atoms with E-state index in [0.717, 1.165) is 22.7 Å². The van der Waals surface area contributed by atoms with Gasteiger partial charge in [0.15, 0.2) is 0 Å². The Morgan fingerprint density at radius 1 is 0.358 bits per heavy atom. The Morgan fingerprint density at radius 3 is 1.63 bits per heavy atom. The molecule has 0 saturated carbocycles. The average Bonchev–Trinajstić information content (AvgIpc) is 4.08. The second-order valence-corrected chi connectivity index (χ2v) is 19.9. The van der Waals surface area contributed by atoms with E-state index in [0.29, 0.717) is 0 Å². The number of nitrogens with zero attached hydrogens (tertiary/aromatic N) is 2. The summed E-state index contributed by atoms with van der Waals surface area (Å²) in [6.07, 6.45) is 0. The van der Waals surface area contributed by atoms with Crippen molar-refractivity contribution in [2.45, 2.75) is 24.7 Å². The normalized spacial score (nSPS) is 14.1. The van der Waals surface area contributed by atoms with Gasteiger partial charge in [-0.05, 0) is 128 Å². The van der Waals surface area contributed by atoms with E-state index in [2.05, 4.69) is 254 Å². The zero-order valence-corrected chi connectivity index (χ0v) is 38.1. The molecular formula is C64H44N2S. The minimum absolute atomic E-state index is 0.0847. The molecule has 0 saturated heterocycles. The molecule has 2 aliphatic carbocycles. The molecule has 0 unspecified atom stereocenters. The number of fused-ring (bicyclic) bond motifs is 12. The molecule has 10 aromatic carbocycles. The summed E-state index contributed by atoms with van der Waals surface area (Å²) in [6, 6.07) is 86.4. The van der Waals surface area contributed by atoms with Crippen LogP contribution in [0.25, 0.3) is 69.9 Å². The maximum absolute atomic E-state index is 2.51. The van der Waals surface area contributed by atoms with Crippen molar-refractivity contribution in [2.24, 2.45) is 0 Å². The van der Waals surface area contributed by atoms with Gasteiger partial charge >= 0.3 is 0 Å². The van der Waals surface area contributed by atoms with Gasteiger partial charge in [0.05, 0.1) is 16.4 Å². The molecule has 0 atom stereocenters. The number of benzene rings is 10. The minimum Gasteiger partial charge on any atom is -0.310 e. The summed E-state index contributed by atoms with van der Waals surface area (Å²) >= 11 is 1.87. The number of para-hydroxylation sites is 1. The van der Waals surface area contributed by atoms with E-state index in [1.165, 1.54) is 97.6 Å². The third kappa shape index (κ3) is 5.38. The van der Waals surface area contributed by atoms with Crippen LogP contribution in [-0.2, 0) is 10.8 Å². The van der Waals surface area contributed by atoms with Crippen LogP contribution < -0.4 is 4.90 Å². The Kier molecular flexibility index (Phi) is 8.15. The second-order valence-electron chi connectivity index (χ2n) is 18.8. The predicted molar refractivity (Wildman–Crippen MR) is 283 cm³/mol. The smallest absolute Gasteiger partial charge is 0.0713 e. The van der Waals surface area contributed by atoms with E-state index >= 15 is 0 Å². The van der Waals surface area contributed by atoms with Gasteiger partial charge in [0, 0.05) is 59.1 Å². The van der Waals surface area contributed by atoms with Crippen molar-refractivity contribution in [1.29, 1.82) is 0 Å². The molecule has 0 spiro atoms. The summed E-state index contributed by atoms with van der Waals surface area (Å²) in [4.78, 5) is 2.49. The van der Waals surface area contributed by atoms with Crippen LogP contribution in [0.4, 0.5) is 17.1 Å². The first-order valence-corrected chi connectivity index (χ1v) is 24.1. The lowest BCUT2D eigenvalue weighted by Gasteiger charge is -2.34. The van der Waals surface area contributed by atoms with Gasteiger partial charge in [0.2, 0.25) is 0 Å². The average molecular weight is 873 g/mol. The van der Waals surface area contributed by atoms with Crippen molar-refractivity contribution in [3.8, 4) is 27.9 Å². The zero-order valence-electron chi connectivity index (χ0n) is 37.2. The van der Waals surface area contributed by atoms with Crippen molar-refractivity contribution in [3.63, 3.8) is 0 Å². The Hall–Kier alpha value is -7.98. The quantitative estimate of drug-likeness (QED) is 0.162. The summed E-state index contributed by atoms with van der Waals surface area (Å²) in [7, 11) is 0. The topological polar surface area (TPSA) is 8.17 Å². The number of hydrogen-bond acceptors (Lipinski definition) is 2. The van der Waals surface area contributed by atoms with Gasteiger partial charge in [-0.25, -0.2) is 0 Å². The predicted octanol–water partition coefficient (Wildman–Crippen LogP) is 17.3. The number of aromatic nitrogens is 1. The van der Waals surface area contributed by atoms with E-state index in [-0.39, 0.29) is 5.41 Å². The van der Waals surface area contributed by atoms with Gasteiger partial charge in [0.1, 0.15) is 0 Å². The molecular weight excluding hydrogens is 829 g/mol. The third-order valence-electron chi connectivity index (χ3n) is 15.1. The van der Waals surface area contributed by atoms with Gasteiger partial charge in [-0.2, -0.15) is 0 Å². The largest absolute Gasteiger partial charge is 0.310 e. The van der Waals surface area contributed by atoms with Crippen LogP contribution in [0.5, 0.6) is 0 Å². The molecule has 0 aliphatic heterocycles. The molecule has 0 radical (unpaired) electrons. The van der Waals surface area contributed by atoms with Gasteiger partial charge < -0.3 is 9.47 Å². The van der Waals surface area contributed by atoms with Gasteiger partial charge in [0.25, 0.3) is 0 Å². The number of hydrogen-bond donors (Lipinski definition) is 0. The molecule has 0 amide bonds. The number of thiophene rings is 1. The summed E-state index contributed by atoms with van der Waals surface area (Å²) in [5, 5.41) is 5.04. The lowest BCUT2D eigenvalue weighted by atomic mass is 9.67. The van der Waals surface area contributed by atoms with Crippen LogP contribution in [0.15, 0.2) is 231 Å².